The Bertz CT molecular complexity index is 185. The zero-order valence-electron chi connectivity index (χ0n) is 6.29. The van der Waals surface area contributed by atoms with Crippen molar-refractivity contribution in [1.82, 2.24) is 4.90 Å². The number of nitrogens with zero attached hydrogens (tertiary/aromatic N) is 1. The molecular weight excluding hydrogens is 126 g/mol. The Hall–Kier alpha value is -1.05. The molecule has 0 saturated carbocycles. The van der Waals surface area contributed by atoms with Gasteiger partial charge >= 0.3 is 0 Å². The maximum atomic E-state index is 11.0. The number of allylic oxidation sites excluding steroid dienone is 1. The Balaban J connectivity index is 2.79. The highest BCUT2D eigenvalue weighted by Gasteiger charge is 2.20. The molecule has 1 aliphatic rings. The summed E-state index contributed by atoms with van der Waals surface area (Å²) in [5.74, 6) is 0.0417. The fourth-order valence-corrected chi connectivity index (χ4v) is 1.06. The van der Waals surface area contributed by atoms with E-state index in [0.717, 1.165) is 5.70 Å². The summed E-state index contributed by atoms with van der Waals surface area (Å²) in [7, 11) is 0. The number of rotatable bonds is 1. The summed E-state index contributed by atoms with van der Waals surface area (Å²) < 4.78 is 0. The average Bonchev–Trinajstić information content (AvgIpc) is 2.11. The van der Waals surface area contributed by atoms with Gasteiger partial charge in [-0.3, -0.25) is 4.79 Å². The van der Waals surface area contributed by atoms with Gasteiger partial charge in [-0.1, -0.05) is 6.58 Å². The first kappa shape index (κ1) is 7.06. The van der Waals surface area contributed by atoms with E-state index in [4.69, 9.17) is 0 Å². The Kier molecular flexibility index (Phi) is 1.62. The van der Waals surface area contributed by atoms with Crippen molar-refractivity contribution in [2.75, 3.05) is 0 Å². The van der Waals surface area contributed by atoms with Crippen LogP contribution in [0.3, 0.4) is 0 Å². The molecule has 0 aromatic rings. The molecule has 0 atom stereocenters. The van der Waals surface area contributed by atoms with Gasteiger partial charge in [0, 0.05) is 17.8 Å². The van der Waals surface area contributed by atoms with Crippen LogP contribution in [0.2, 0.25) is 0 Å². The smallest absolute Gasteiger partial charge is 0.251 e. The van der Waals surface area contributed by atoms with Crippen LogP contribution >= 0.6 is 0 Å². The summed E-state index contributed by atoms with van der Waals surface area (Å²) in [5.41, 5.74) is 0.792. The Labute approximate surface area is 60.8 Å². The summed E-state index contributed by atoms with van der Waals surface area (Å²) in [6.45, 7) is 7.66. The number of hydrogen-bond acceptors (Lipinski definition) is 1. The van der Waals surface area contributed by atoms with Gasteiger partial charge < -0.3 is 4.90 Å². The third-order valence-corrected chi connectivity index (χ3v) is 1.48. The summed E-state index contributed by atoms with van der Waals surface area (Å²) in [4.78, 5) is 12.7. The molecule has 0 saturated heterocycles. The summed E-state index contributed by atoms with van der Waals surface area (Å²) in [6.07, 6.45) is 3.28. The number of carbonyl (C=O) groups is 1. The van der Waals surface area contributed by atoms with Gasteiger partial charge in [0.05, 0.1) is 0 Å². The average molecular weight is 137 g/mol. The lowest BCUT2D eigenvalue weighted by Gasteiger charge is -2.21. The minimum atomic E-state index is 0.0417. The molecule has 0 spiro atoms. The van der Waals surface area contributed by atoms with Crippen LogP contribution in [0.1, 0.15) is 13.8 Å². The number of hydrogen-bond donors (Lipinski definition) is 0. The molecule has 0 bridgehead atoms. The minimum Gasteiger partial charge on any atom is -0.307 e. The lowest BCUT2D eigenvalue weighted by Crippen LogP contribution is -2.30. The monoisotopic (exact) mass is 137 g/mol. The van der Waals surface area contributed by atoms with Crippen molar-refractivity contribution >= 4 is 5.91 Å². The van der Waals surface area contributed by atoms with E-state index in [1.165, 1.54) is 0 Å². The van der Waals surface area contributed by atoms with E-state index in [2.05, 4.69) is 6.58 Å². The molecule has 0 aromatic carbocycles. The molecule has 10 heavy (non-hydrogen) atoms. The first-order valence-electron chi connectivity index (χ1n) is 3.33. The molecule has 1 amide bonds. The zero-order valence-corrected chi connectivity index (χ0v) is 6.29. The Morgan fingerprint density at radius 1 is 1.50 bits per heavy atom. The van der Waals surface area contributed by atoms with Crippen molar-refractivity contribution in [3.63, 3.8) is 0 Å². The molecule has 0 aliphatic carbocycles. The molecule has 0 N–H and O–H groups in total. The van der Waals surface area contributed by atoms with Crippen molar-refractivity contribution < 1.29 is 4.79 Å². The van der Waals surface area contributed by atoms with Crippen LogP contribution in [0.25, 0.3) is 0 Å². The van der Waals surface area contributed by atoms with Crippen molar-refractivity contribution in [2.45, 2.75) is 19.9 Å². The molecular formula is C8H11NO. The SMILES string of the molecule is C=C1C=CC(=O)N1C(C)C. The van der Waals surface area contributed by atoms with Crippen LogP contribution in [0.4, 0.5) is 0 Å². The Morgan fingerprint density at radius 3 is 2.30 bits per heavy atom. The lowest BCUT2D eigenvalue weighted by atomic mass is 10.3. The fraction of sp³-hybridized carbons (Fsp3) is 0.375. The molecule has 2 heteroatoms. The predicted molar refractivity (Wildman–Crippen MR) is 40.3 cm³/mol. The van der Waals surface area contributed by atoms with Gasteiger partial charge in [-0.05, 0) is 19.9 Å². The largest absolute Gasteiger partial charge is 0.307 e. The fourth-order valence-electron chi connectivity index (χ4n) is 1.06. The van der Waals surface area contributed by atoms with Crippen LogP contribution in [-0.2, 0) is 4.79 Å². The zero-order chi connectivity index (χ0) is 7.72. The van der Waals surface area contributed by atoms with Gasteiger partial charge in [0.25, 0.3) is 5.91 Å². The van der Waals surface area contributed by atoms with Gasteiger partial charge in [-0.25, -0.2) is 0 Å². The molecule has 0 radical (unpaired) electrons. The standard InChI is InChI=1S/C8H11NO/c1-6(2)9-7(3)4-5-8(9)10/h4-6H,3H2,1-2H3. The highest BCUT2D eigenvalue weighted by atomic mass is 16.2. The molecule has 0 aromatic heterocycles. The first-order valence-corrected chi connectivity index (χ1v) is 3.33. The van der Waals surface area contributed by atoms with E-state index in [0.29, 0.717) is 0 Å². The van der Waals surface area contributed by atoms with Crippen LogP contribution in [-0.4, -0.2) is 16.8 Å². The predicted octanol–water partition coefficient (Wildman–Crippen LogP) is 1.31. The van der Waals surface area contributed by atoms with Crippen LogP contribution in [0, 0.1) is 0 Å². The van der Waals surface area contributed by atoms with Gasteiger partial charge in [0.1, 0.15) is 0 Å². The summed E-state index contributed by atoms with van der Waals surface area (Å²) >= 11 is 0. The summed E-state index contributed by atoms with van der Waals surface area (Å²) in [6, 6.07) is 0.218. The summed E-state index contributed by atoms with van der Waals surface area (Å²) in [5, 5.41) is 0. The van der Waals surface area contributed by atoms with Crippen molar-refractivity contribution in [2.24, 2.45) is 0 Å². The first-order chi connectivity index (χ1) is 4.63. The van der Waals surface area contributed by atoms with E-state index in [1.54, 1.807) is 17.1 Å². The van der Waals surface area contributed by atoms with E-state index < -0.39 is 0 Å². The normalized spacial score (nSPS) is 17.7. The minimum absolute atomic E-state index is 0.0417. The second-order valence-electron chi connectivity index (χ2n) is 2.63. The maximum Gasteiger partial charge on any atom is 0.251 e. The van der Waals surface area contributed by atoms with Crippen LogP contribution in [0.15, 0.2) is 24.4 Å². The van der Waals surface area contributed by atoms with Gasteiger partial charge in [-0.2, -0.15) is 0 Å². The highest BCUT2D eigenvalue weighted by Crippen LogP contribution is 2.15. The van der Waals surface area contributed by atoms with Gasteiger partial charge in [-0.15, -0.1) is 0 Å². The van der Waals surface area contributed by atoms with Crippen LogP contribution < -0.4 is 0 Å². The number of carbonyl (C=O) groups excluding carboxylic acids is 1. The molecule has 0 unspecified atom stereocenters. The number of amides is 1. The molecule has 1 aliphatic heterocycles. The van der Waals surface area contributed by atoms with Crippen LogP contribution in [0.5, 0.6) is 0 Å². The second kappa shape index (κ2) is 2.29. The van der Waals surface area contributed by atoms with Gasteiger partial charge in [0.2, 0.25) is 0 Å². The third kappa shape index (κ3) is 0.967. The maximum absolute atomic E-state index is 11.0. The van der Waals surface area contributed by atoms with E-state index in [-0.39, 0.29) is 11.9 Å². The van der Waals surface area contributed by atoms with E-state index in [9.17, 15) is 4.79 Å². The van der Waals surface area contributed by atoms with Crippen molar-refractivity contribution in [1.29, 1.82) is 0 Å². The van der Waals surface area contributed by atoms with Crippen molar-refractivity contribution in [3.8, 4) is 0 Å². The van der Waals surface area contributed by atoms with Gasteiger partial charge in [0.15, 0.2) is 0 Å². The van der Waals surface area contributed by atoms with E-state index in [1.807, 2.05) is 13.8 Å². The highest BCUT2D eigenvalue weighted by molar-refractivity contribution is 5.93. The topological polar surface area (TPSA) is 20.3 Å². The lowest BCUT2D eigenvalue weighted by molar-refractivity contribution is -0.124. The molecule has 0 fully saturated rings. The van der Waals surface area contributed by atoms with Crippen molar-refractivity contribution in [3.05, 3.63) is 24.4 Å². The molecule has 2 nitrogen and oxygen atoms in total. The molecule has 54 valence electrons. The second-order valence-corrected chi connectivity index (χ2v) is 2.63. The third-order valence-electron chi connectivity index (χ3n) is 1.48. The molecule has 1 heterocycles. The van der Waals surface area contributed by atoms with E-state index >= 15 is 0 Å². The quantitative estimate of drug-likeness (QED) is 0.533. The Morgan fingerprint density at radius 2 is 2.10 bits per heavy atom. The molecule has 1 rings (SSSR count).